The Morgan fingerprint density at radius 1 is 1.06 bits per heavy atom. The first-order chi connectivity index (χ1) is 16.6. The third-order valence-electron chi connectivity index (χ3n) is 6.86. The number of piperazine rings is 1. The number of aromatic nitrogens is 2. The minimum atomic E-state index is -5.22. The first-order valence-corrected chi connectivity index (χ1v) is 12.7. The van der Waals surface area contributed by atoms with E-state index in [1.165, 1.54) is 22.1 Å². The summed E-state index contributed by atoms with van der Waals surface area (Å²) in [5.41, 5.74) is -3.29. The van der Waals surface area contributed by atoms with Gasteiger partial charge in [-0.2, -0.15) is 22.6 Å². The minimum Gasteiger partial charge on any atom is -0.503 e. The van der Waals surface area contributed by atoms with Gasteiger partial charge in [-0.05, 0) is 31.0 Å². The van der Waals surface area contributed by atoms with Gasteiger partial charge < -0.3 is 10.0 Å². The summed E-state index contributed by atoms with van der Waals surface area (Å²) in [7, 11) is -2.01. The van der Waals surface area contributed by atoms with Crippen molar-refractivity contribution in [1.82, 2.24) is 14.1 Å². The highest BCUT2D eigenvalue weighted by molar-refractivity contribution is 7.88. The van der Waals surface area contributed by atoms with E-state index in [1.54, 1.807) is 4.90 Å². The molecule has 1 N–H and O–H groups in total. The summed E-state index contributed by atoms with van der Waals surface area (Å²) in [5, 5.41) is 13.7. The monoisotopic (exact) mass is 534 g/mol. The van der Waals surface area contributed by atoms with E-state index in [9.17, 15) is 35.5 Å². The molecule has 0 unspecified atom stereocenters. The molecule has 36 heavy (non-hydrogen) atoms. The molecular weight excluding hydrogens is 514 g/mol. The fourth-order valence-corrected chi connectivity index (χ4v) is 5.73. The summed E-state index contributed by atoms with van der Waals surface area (Å²) < 4.78 is 110. The highest BCUT2D eigenvalue weighted by atomic mass is 32.2. The van der Waals surface area contributed by atoms with Gasteiger partial charge in [-0.15, -0.1) is 0 Å². The standard InChI is InChI=1S/C22H20F6N4O3S/c1-30-15-9-16(32-6-5-31(36(2,34)35)10-21(32)3-4-21)14(23)8-11(15)19(29-30)12-7-13(22(26,27)28)18(25)20(33)17(12)24/h7-9,33H,3-6,10H2,1-2H3. The van der Waals surface area contributed by atoms with E-state index in [2.05, 4.69) is 5.10 Å². The van der Waals surface area contributed by atoms with Crippen molar-refractivity contribution in [3.8, 4) is 17.0 Å². The predicted molar refractivity (Wildman–Crippen MR) is 118 cm³/mol. The number of rotatable bonds is 3. The zero-order valence-corrected chi connectivity index (χ0v) is 19.8. The predicted octanol–water partition coefficient (Wildman–Crippen LogP) is 4.00. The summed E-state index contributed by atoms with van der Waals surface area (Å²) in [5.74, 6) is -6.38. The number of benzene rings is 2. The second kappa shape index (κ2) is 7.75. The number of hydrogen-bond acceptors (Lipinski definition) is 5. The number of aromatic hydroxyl groups is 1. The van der Waals surface area contributed by atoms with Crippen LogP contribution in [-0.4, -0.2) is 59.0 Å². The van der Waals surface area contributed by atoms with Crippen molar-refractivity contribution >= 4 is 26.6 Å². The second-order valence-corrected chi connectivity index (χ2v) is 11.2. The average Bonchev–Trinajstić information content (AvgIpc) is 3.46. The fourth-order valence-electron chi connectivity index (χ4n) is 4.85. The van der Waals surface area contributed by atoms with Gasteiger partial charge in [-0.3, -0.25) is 4.68 Å². The first-order valence-electron chi connectivity index (χ1n) is 10.8. The number of hydrogen-bond donors (Lipinski definition) is 1. The van der Waals surface area contributed by atoms with Gasteiger partial charge in [0.25, 0.3) is 0 Å². The molecule has 1 spiro atoms. The molecule has 14 heteroatoms. The van der Waals surface area contributed by atoms with Gasteiger partial charge >= 0.3 is 6.18 Å². The van der Waals surface area contributed by atoms with Gasteiger partial charge in [-0.1, -0.05) is 0 Å². The number of phenolic OH excluding ortho intramolecular Hbond substituents is 1. The van der Waals surface area contributed by atoms with Gasteiger partial charge in [0.05, 0.1) is 28.6 Å². The highest BCUT2D eigenvalue weighted by Gasteiger charge is 2.53. The lowest BCUT2D eigenvalue weighted by atomic mass is 10.0. The number of alkyl halides is 3. The molecular formula is C22H20F6N4O3S. The van der Waals surface area contributed by atoms with Crippen molar-refractivity contribution in [3.05, 3.63) is 41.2 Å². The van der Waals surface area contributed by atoms with Crippen LogP contribution in [0.5, 0.6) is 5.75 Å². The molecule has 1 aliphatic heterocycles. The van der Waals surface area contributed by atoms with E-state index < -0.39 is 61.8 Å². The van der Waals surface area contributed by atoms with Gasteiger partial charge in [-0.25, -0.2) is 21.6 Å². The van der Waals surface area contributed by atoms with Crippen LogP contribution < -0.4 is 4.90 Å². The number of fused-ring (bicyclic) bond motifs is 1. The number of sulfonamides is 1. The van der Waals surface area contributed by atoms with Crippen LogP contribution in [0.1, 0.15) is 18.4 Å². The Hall–Kier alpha value is -3.00. The smallest absolute Gasteiger partial charge is 0.419 e. The maximum Gasteiger partial charge on any atom is 0.419 e. The van der Waals surface area contributed by atoms with Gasteiger partial charge in [0.1, 0.15) is 11.5 Å². The molecule has 2 heterocycles. The van der Waals surface area contributed by atoms with Crippen LogP contribution in [0.2, 0.25) is 0 Å². The lowest BCUT2D eigenvalue weighted by Crippen LogP contribution is -2.56. The number of nitrogens with zero attached hydrogens (tertiary/aromatic N) is 4. The third-order valence-corrected chi connectivity index (χ3v) is 8.11. The number of aryl methyl sites for hydroxylation is 1. The van der Waals surface area contributed by atoms with Crippen LogP contribution in [0.15, 0.2) is 18.2 Å². The molecule has 1 saturated carbocycles. The maximum absolute atomic E-state index is 15.4. The number of halogens is 6. The van der Waals surface area contributed by atoms with E-state index in [0.29, 0.717) is 12.8 Å². The minimum absolute atomic E-state index is 0.0450. The molecule has 7 nitrogen and oxygen atoms in total. The molecule has 0 bridgehead atoms. The Bertz CT molecular complexity index is 1510. The SMILES string of the molecule is Cn1nc(-c2cc(C(F)(F)F)c(F)c(O)c2F)c2cc(F)c(N3CCN(S(C)(=O)=O)CC34CC4)cc21. The largest absolute Gasteiger partial charge is 0.503 e. The molecule has 0 amide bonds. The zero-order chi connectivity index (χ0) is 26.4. The van der Waals surface area contributed by atoms with Crippen LogP contribution in [0, 0.1) is 17.5 Å². The van der Waals surface area contributed by atoms with Crippen LogP contribution in [-0.2, 0) is 23.2 Å². The Morgan fingerprint density at radius 2 is 1.72 bits per heavy atom. The molecule has 1 aliphatic carbocycles. The Labute approximate surface area is 201 Å². The van der Waals surface area contributed by atoms with Crippen LogP contribution in [0.4, 0.5) is 32.0 Å². The van der Waals surface area contributed by atoms with Crippen molar-refractivity contribution in [3.63, 3.8) is 0 Å². The van der Waals surface area contributed by atoms with Gasteiger partial charge in [0.2, 0.25) is 10.0 Å². The lowest BCUT2D eigenvalue weighted by molar-refractivity contribution is -0.140. The first kappa shape index (κ1) is 24.7. The molecule has 2 fully saturated rings. The summed E-state index contributed by atoms with van der Waals surface area (Å²) in [4.78, 5) is 1.78. The van der Waals surface area contributed by atoms with Crippen LogP contribution in [0.25, 0.3) is 22.2 Å². The van der Waals surface area contributed by atoms with E-state index in [0.717, 1.165) is 12.3 Å². The maximum atomic E-state index is 15.4. The number of phenols is 1. The summed E-state index contributed by atoms with van der Waals surface area (Å²) in [6.45, 7) is 0.560. The zero-order valence-electron chi connectivity index (χ0n) is 19.0. The Balaban J connectivity index is 1.63. The van der Waals surface area contributed by atoms with E-state index >= 15 is 4.39 Å². The summed E-state index contributed by atoms with van der Waals surface area (Å²) >= 11 is 0. The molecule has 0 radical (unpaired) electrons. The molecule has 5 rings (SSSR count). The van der Waals surface area contributed by atoms with E-state index in [-0.39, 0.29) is 42.3 Å². The molecule has 1 saturated heterocycles. The van der Waals surface area contributed by atoms with Crippen LogP contribution >= 0.6 is 0 Å². The van der Waals surface area contributed by atoms with Gasteiger partial charge in [0, 0.05) is 37.6 Å². The normalized spacial score (nSPS) is 18.4. The lowest BCUT2D eigenvalue weighted by Gasteiger charge is -2.42. The Kier molecular flexibility index (Phi) is 5.31. The average molecular weight is 534 g/mol. The van der Waals surface area contributed by atoms with Crippen LogP contribution in [0.3, 0.4) is 0 Å². The third kappa shape index (κ3) is 3.77. The molecule has 3 aromatic rings. The molecule has 194 valence electrons. The van der Waals surface area contributed by atoms with Crippen molar-refractivity contribution in [1.29, 1.82) is 0 Å². The summed E-state index contributed by atoms with van der Waals surface area (Å²) in [6, 6.07) is 2.62. The molecule has 2 aliphatic rings. The topological polar surface area (TPSA) is 78.7 Å². The fraction of sp³-hybridized carbons (Fsp3) is 0.409. The van der Waals surface area contributed by atoms with Crippen molar-refractivity contribution in [2.24, 2.45) is 7.05 Å². The number of anilines is 1. The van der Waals surface area contributed by atoms with Crippen molar-refractivity contribution in [2.45, 2.75) is 24.6 Å². The quantitative estimate of drug-likeness (QED) is 0.515. The van der Waals surface area contributed by atoms with E-state index in [1.807, 2.05) is 0 Å². The molecule has 2 aromatic carbocycles. The highest BCUT2D eigenvalue weighted by Crippen LogP contribution is 2.48. The summed E-state index contributed by atoms with van der Waals surface area (Å²) in [6.07, 6.45) is -2.82. The Morgan fingerprint density at radius 3 is 2.31 bits per heavy atom. The van der Waals surface area contributed by atoms with Gasteiger partial charge in [0.15, 0.2) is 17.4 Å². The van der Waals surface area contributed by atoms with E-state index in [4.69, 9.17) is 0 Å². The van der Waals surface area contributed by atoms with Crippen molar-refractivity contribution in [2.75, 3.05) is 30.8 Å². The molecule has 0 atom stereocenters. The molecule has 1 aromatic heterocycles. The second-order valence-electron chi connectivity index (χ2n) is 9.21. The van der Waals surface area contributed by atoms with Crippen molar-refractivity contribution < 1.29 is 39.9 Å².